The van der Waals surface area contributed by atoms with Gasteiger partial charge in [-0.05, 0) is 20.3 Å². The molecule has 0 fully saturated rings. The van der Waals surface area contributed by atoms with Crippen LogP contribution < -0.4 is 10.6 Å². The van der Waals surface area contributed by atoms with E-state index >= 15 is 0 Å². The van der Waals surface area contributed by atoms with Gasteiger partial charge in [-0.1, -0.05) is 0 Å². The Kier molecular flexibility index (Phi) is 3.61. The molecule has 2 aromatic rings. The Morgan fingerprint density at radius 1 is 1.50 bits per heavy atom. The van der Waals surface area contributed by atoms with Gasteiger partial charge in [0.15, 0.2) is 0 Å². The Morgan fingerprint density at radius 2 is 2.21 bits per heavy atom. The number of carbonyl (C=O) groups is 2. The number of rotatable bonds is 3. The second-order valence-electron chi connectivity index (χ2n) is 6.23. The summed E-state index contributed by atoms with van der Waals surface area (Å²) in [5.41, 5.74) is 3.81. The first-order valence-corrected chi connectivity index (χ1v) is 7.45. The molecule has 3 N–H and O–H groups in total. The van der Waals surface area contributed by atoms with Crippen LogP contribution in [-0.2, 0) is 17.0 Å². The number of aromatic amines is 1. The molecule has 1 unspecified atom stereocenters. The van der Waals surface area contributed by atoms with E-state index in [1.165, 1.54) is 18.7 Å². The van der Waals surface area contributed by atoms with Crippen molar-refractivity contribution in [3.8, 4) is 0 Å². The molecule has 10 heteroatoms. The van der Waals surface area contributed by atoms with Crippen LogP contribution in [0.4, 0.5) is 10.2 Å². The molecule has 128 valence electrons. The first-order chi connectivity index (χ1) is 11.2. The zero-order valence-electron chi connectivity index (χ0n) is 13.6. The van der Waals surface area contributed by atoms with E-state index in [0.717, 1.165) is 0 Å². The highest BCUT2D eigenvalue weighted by molar-refractivity contribution is 5.97. The van der Waals surface area contributed by atoms with Crippen LogP contribution in [0.15, 0.2) is 6.07 Å². The fourth-order valence-electron chi connectivity index (χ4n) is 2.65. The number of amides is 2. The molecule has 3 heterocycles. The van der Waals surface area contributed by atoms with E-state index in [9.17, 15) is 14.0 Å². The number of alkyl halides is 1. The number of likely N-dealkylation sites (N-methyl/N-ethyl adjacent to an activating group) is 1. The van der Waals surface area contributed by atoms with Gasteiger partial charge in [0.25, 0.3) is 5.91 Å². The second kappa shape index (κ2) is 5.39. The number of hydrogen-bond donors (Lipinski definition) is 2. The minimum Gasteiger partial charge on any atom is -0.363 e. The highest BCUT2D eigenvalue weighted by atomic mass is 19.1. The predicted molar refractivity (Wildman–Crippen MR) is 82.0 cm³/mol. The molecule has 1 aliphatic rings. The molecule has 0 saturated carbocycles. The van der Waals surface area contributed by atoms with E-state index in [-0.39, 0.29) is 23.2 Å². The summed E-state index contributed by atoms with van der Waals surface area (Å²) in [5.74, 6) is -1.00. The summed E-state index contributed by atoms with van der Waals surface area (Å²) in [4.78, 5) is 29.2. The number of aromatic nitrogens is 5. The fraction of sp³-hybridized carbons (Fsp3) is 0.500. The monoisotopic (exact) mass is 335 g/mol. The van der Waals surface area contributed by atoms with Crippen LogP contribution in [0.5, 0.6) is 0 Å². The van der Waals surface area contributed by atoms with Crippen molar-refractivity contribution in [3.05, 3.63) is 23.4 Å². The molecule has 0 aromatic carbocycles. The summed E-state index contributed by atoms with van der Waals surface area (Å²) in [6, 6.07) is 1.56. The first kappa shape index (κ1) is 16.1. The maximum absolute atomic E-state index is 14.1. The van der Waals surface area contributed by atoms with Gasteiger partial charge in [-0.15, -0.1) is 5.10 Å². The molecule has 9 nitrogen and oxygen atoms in total. The van der Waals surface area contributed by atoms with Gasteiger partial charge in [0.05, 0.1) is 5.92 Å². The molecule has 0 aliphatic carbocycles. The summed E-state index contributed by atoms with van der Waals surface area (Å²) < 4.78 is 15.7. The van der Waals surface area contributed by atoms with Crippen LogP contribution >= 0.6 is 0 Å². The molecule has 0 spiro atoms. The number of halogens is 1. The average Bonchev–Trinajstić information content (AvgIpc) is 3.10. The number of fused-ring (bicyclic) bond motifs is 1. The predicted octanol–water partition coefficient (Wildman–Crippen LogP) is 0.455. The number of nitrogens with one attached hydrogen (secondary N) is 1. The Labute approximate surface area is 137 Å². The average molecular weight is 335 g/mol. The molecule has 0 radical (unpaired) electrons. The Balaban J connectivity index is 1.92. The number of hydrogen-bond acceptors (Lipinski definition) is 5. The van der Waals surface area contributed by atoms with Gasteiger partial charge in [-0.3, -0.25) is 19.6 Å². The van der Waals surface area contributed by atoms with Gasteiger partial charge in [-0.25, -0.2) is 14.1 Å². The molecule has 0 saturated heterocycles. The largest absolute Gasteiger partial charge is 0.363 e. The first-order valence-electron chi connectivity index (χ1n) is 7.45. The minimum atomic E-state index is -1.59. The fourth-order valence-corrected chi connectivity index (χ4v) is 2.65. The lowest BCUT2D eigenvalue weighted by Gasteiger charge is -2.18. The molecule has 1 atom stereocenters. The molecule has 2 amide bonds. The number of nitrogens with zero attached hydrogens (tertiary/aromatic N) is 5. The number of H-pyrrole nitrogens is 1. The summed E-state index contributed by atoms with van der Waals surface area (Å²) in [6.07, 6.45) is 0.386. The summed E-state index contributed by atoms with van der Waals surface area (Å²) in [6.45, 7) is 3.23. The molecular weight excluding hydrogens is 317 g/mol. The third kappa shape index (κ3) is 2.63. The van der Waals surface area contributed by atoms with Crippen molar-refractivity contribution in [2.45, 2.75) is 38.4 Å². The quantitative estimate of drug-likeness (QED) is 0.843. The number of nitrogens with two attached hydrogens (primary N) is 1. The van der Waals surface area contributed by atoms with Gasteiger partial charge in [0, 0.05) is 19.7 Å². The zero-order valence-corrected chi connectivity index (χ0v) is 13.6. The van der Waals surface area contributed by atoms with Crippen LogP contribution in [0.3, 0.4) is 0 Å². The Morgan fingerprint density at radius 3 is 2.79 bits per heavy atom. The van der Waals surface area contributed by atoms with Crippen molar-refractivity contribution >= 4 is 17.6 Å². The van der Waals surface area contributed by atoms with Crippen molar-refractivity contribution in [1.82, 2.24) is 25.0 Å². The lowest BCUT2D eigenvalue weighted by atomic mass is 10.0. The summed E-state index contributed by atoms with van der Waals surface area (Å²) >= 11 is 0. The van der Waals surface area contributed by atoms with Crippen molar-refractivity contribution in [2.24, 2.45) is 5.73 Å². The van der Waals surface area contributed by atoms with E-state index < -0.39 is 17.5 Å². The van der Waals surface area contributed by atoms with Crippen LogP contribution in [-0.4, -0.2) is 43.8 Å². The second-order valence-corrected chi connectivity index (χ2v) is 6.23. The van der Waals surface area contributed by atoms with Gasteiger partial charge >= 0.3 is 0 Å². The standard InChI is InChI=1S/C14H18FN7O2/c1-14(2,15)8-6-9-21(3)13(24)7(4-5-22(9)20-8)11-17-12(10(16)23)19-18-11/h6-7H,4-5H2,1-3H3,(H2,16,23)(H,17,18,19). The lowest BCUT2D eigenvalue weighted by Crippen LogP contribution is -2.31. The molecule has 24 heavy (non-hydrogen) atoms. The van der Waals surface area contributed by atoms with Gasteiger partial charge in [0.2, 0.25) is 11.7 Å². The van der Waals surface area contributed by atoms with Crippen LogP contribution in [0.2, 0.25) is 0 Å². The molecule has 0 bridgehead atoms. The SMILES string of the molecule is CN1C(=O)C(c2nc(C(N)=O)n[nH]2)CCn2nc(C(C)(C)F)cc21. The molecule has 1 aliphatic heterocycles. The van der Waals surface area contributed by atoms with Gasteiger partial charge < -0.3 is 5.73 Å². The number of primary amides is 1. The van der Waals surface area contributed by atoms with Crippen LogP contribution in [0.1, 0.15) is 48.3 Å². The molecular formula is C14H18FN7O2. The summed E-state index contributed by atoms with van der Waals surface area (Å²) in [7, 11) is 1.59. The van der Waals surface area contributed by atoms with E-state index in [4.69, 9.17) is 5.73 Å². The number of anilines is 1. The smallest absolute Gasteiger partial charge is 0.288 e. The third-order valence-corrected chi connectivity index (χ3v) is 4.02. The van der Waals surface area contributed by atoms with Crippen LogP contribution in [0, 0.1) is 0 Å². The molecule has 2 aromatic heterocycles. The Bertz CT molecular complexity index is 804. The third-order valence-electron chi connectivity index (χ3n) is 4.02. The normalized spacial score (nSPS) is 18.4. The number of aryl methyl sites for hydroxylation is 1. The van der Waals surface area contributed by atoms with E-state index in [1.807, 2.05) is 0 Å². The maximum Gasteiger partial charge on any atom is 0.288 e. The lowest BCUT2D eigenvalue weighted by molar-refractivity contribution is -0.119. The number of carbonyl (C=O) groups excluding carboxylic acids is 2. The highest BCUT2D eigenvalue weighted by Crippen LogP contribution is 2.32. The van der Waals surface area contributed by atoms with Gasteiger partial charge in [-0.2, -0.15) is 5.10 Å². The van der Waals surface area contributed by atoms with E-state index in [2.05, 4.69) is 20.3 Å². The zero-order chi connectivity index (χ0) is 17.6. The van der Waals surface area contributed by atoms with Crippen molar-refractivity contribution < 1.29 is 14.0 Å². The minimum absolute atomic E-state index is 0.163. The summed E-state index contributed by atoms with van der Waals surface area (Å²) in [5, 5.41) is 10.6. The van der Waals surface area contributed by atoms with E-state index in [0.29, 0.717) is 18.8 Å². The van der Waals surface area contributed by atoms with Gasteiger partial charge in [0.1, 0.15) is 23.0 Å². The molecule has 3 rings (SSSR count). The van der Waals surface area contributed by atoms with E-state index in [1.54, 1.807) is 17.8 Å². The Hall–Kier alpha value is -2.78. The van der Waals surface area contributed by atoms with Crippen molar-refractivity contribution in [1.29, 1.82) is 0 Å². The van der Waals surface area contributed by atoms with Crippen LogP contribution in [0.25, 0.3) is 0 Å². The van der Waals surface area contributed by atoms with Crippen molar-refractivity contribution in [2.75, 3.05) is 11.9 Å². The topological polar surface area (TPSA) is 123 Å². The van der Waals surface area contributed by atoms with Crippen molar-refractivity contribution in [3.63, 3.8) is 0 Å². The highest BCUT2D eigenvalue weighted by Gasteiger charge is 2.34. The maximum atomic E-state index is 14.1.